The monoisotopic (exact) mass is 232 g/mol. The summed E-state index contributed by atoms with van der Waals surface area (Å²) in [5.41, 5.74) is 2.51. The van der Waals surface area contributed by atoms with Gasteiger partial charge in [-0.3, -0.25) is 4.79 Å². The first-order chi connectivity index (χ1) is 8.15. The summed E-state index contributed by atoms with van der Waals surface area (Å²) in [6.45, 7) is 4.50. The van der Waals surface area contributed by atoms with E-state index in [1.165, 1.54) is 18.2 Å². The molecule has 0 amide bonds. The number of carbonyl (C=O) groups excluding carboxylic acids is 1. The van der Waals surface area contributed by atoms with Crippen molar-refractivity contribution >= 4 is 5.97 Å². The highest BCUT2D eigenvalue weighted by Crippen LogP contribution is 2.42. The van der Waals surface area contributed by atoms with Gasteiger partial charge in [0.2, 0.25) is 0 Å². The molecule has 1 aromatic rings. The van der Waals surface area contributed by atoms with Gasteiger partial charge in [0.15, 0.2) is 0 Å². The first-order valence-corrected chi connectivity index (χ1v) is 6.31. The summed E-state index contributed by atoms with van der Waals surface area (Å²) < 4.78 is 4.90. The molecule has 0 spiro atoms. The minimum Gasteiger partial charge on any atom is -0.469 e. The minimum absolute atomic E-state index is 0.0637. The number of benzene rings is 1. The lowest BCUT2D eigenvalue weighted by Gasteiger charge is -2.32. The Morgan fingerprint density at radius 2 is 1.88 bits per heavy atom. The van der Waals surface area contributed by atoms with Gasteiger partial charge in [-0.1, -0.05) is 38.1 Å². The van der Waals surface area contributed by atoms with Gasteiger partial charge < -0.3 is 4.74 Å². The fraction of sp³-hybridized carbons (Fsp3) is 0.533. The van der Waals surface area contributed by atoms with Crippen LogP contribution in [-0.2, 0) is 9.53 Å². The number of esters is 1. The van der Waals surface area contributed by atoms with Crippen molar-refractivity contribution in [3.63, 3.8) is 0 Å². The molecular weight excluding hydrogens is 212 g/mol. The third-order valence-electron chi connectivity index (χ3n) is 3.83. The van der Waals surface area contributed by atoms with Crippen molar-refractivity contribution in [3.8, 4) is 0 Å². The van der Waals surface area contributed by atoms with Crippen molar-refractivity contribution in [2.45, 2.75) is 38.5 Å². The highest BCUT2D eigenvalue weighted by Gasteiger charge is 2.32. The number of hydrogen-bond acceptors (Lipinski definition) is 2. The van der Waals surface area contributed by atoms with Crippen LogP contribution in [0.5, 0.6) is 0 Å². The van der Waals surface area contributed by atoms with Gasteiger partial charge in [0.1, 0.15) is 0 Å². The fourth-order valence-electron chi connectivity index (χ4n) is 2.90. The molecule has 92 valence electrons. The Hall–Kier alpha value is -1.31. The average molecular weight is 232 g/mol. The zero-order chi connectivity index (χ0) is 12.4. The molecule has 0 aliphatic heterocycles. The second-order valence-electron chi connectivity index (χ2n) is 5.13. The highest BCUT2D eigenvalue weighted by atomic mass is 16.5. The van der Waals surface area contributed by atoms with E-state index < -0.39 is 0 Å². The Bertz CT molecular complexity index is 409. The molecule has 0 aromatic heterocycles. The van der Waals surface area contributed by atoms with Gasteiger partial charge in [-0.2, -0.15) is 0 Å². The zero-order valence-electron chi connectivity index (χ0n) is 10.8. The van der Waals surface area contributed by atoms with Gasteiger partial charge in [-0.25, -0.2) is 0 Å². The van der Waals surface area contributed by atoms with E-state index in [0.717, 1.165) is 12.8 Å². The fourth-order valence-corrected chi connectivity index (χ4v) is 2.90. The number of ether oxygens (including phenoxy) is 1. The molecule has 2 rings (SSSR count). The zero-order valence-corrected chi connectivity index (χ0v) is 10.8. The topological polar surface area (TPSA) is 26.3 Å². The van der Waals surface area contributed by atoms with Crippen LogP contribution < -0.4 is 0 Å². The van der Waals surface area contributed by atoms with Crippen molar-refractivity contribution in [2.24, 2.45) is 5.92 Å². The number of carbonyl (C=O) groups is 1. The predicted octanol–water partition coefficient (Wildman–Crippen LogP) is 3.48. The summed E-state index contributed by atoms with van der Waals surface area (Å²) in [5, 5.41) is 0. The Balaban J connectivity index is 2.40. The number of methoxy groups -OCH3 is 1. The maximum atomic E-state index is 11.8. The molecule has 2 unspecified atom stereocenters. The van der Waals surface area contributed by atoms with Crippen LogP contribution >= 0.6 is 0 Å². The molecule has 2 heteroatoms. The van der Waals surface area contributed by atoms with Crippen LogP contribution in [0.4, 0.5) is 0 Å². The lowest BCUT2D eigenvalue weighted by atomic mass is 9.72. The third-order valence-corrected chi connectivity index (χ3v) is 3.83. The Morgan fingerprint density at radius 3 is 2.47 bits per heavy atom. The lowest BCUT2D eigenvalue weighted by Crippen LogP contribution is -2.24. The highest BCUT2D eigenvalue weighted by molar-refractivity contribution is 5.79. The van der Waals surface area contributed by atoms with Crippen LogP contribution in [0, 0.1) is 5.92 Å². The quantitative estimate of drug-likeness (QED) is 0.730. The molecule has 0 N–H and O–H groups in total. The second kappa shape index (κ2) is 4.91. The van der Waals surface area contributed by atoms with Crippen molar-refractivity contribution in [2.75, 3.05) is 7.11 Å². The molecule has 1 aromatic carbocycles. The summed E-state index contributed by atoms with van der Waals surface area (Å²) in [7, 11) is 1.47. The largest absolute Gasteiger partial charge is 0.469 e. The molecule has 0 saturated heterocycles. The summed E-state index contributed by atoms with van der Waals surface area (Å²) in [5.74, 6) is 1.03. The molecule has 2 nitrogen and oxygen atoms in total. The van der Waals surface area contributed by atoms with Gasteiger partial charge >= 0.3 is 5.97 Å². The Morgan fingerprint density at radius 1 is 1.24 bits per heavy atom. The number of hydrogen-bond donors (Lipinski definition) is 0. The molecule has 0 heterocycles. The van der Waals surface area contributed by atoms with E-state index in [2.05, 4.69) is 32.0 Å². The van der Waals surface area contributed by atoms with Gasteiger partial charge in [0.05, 0.1) is 13.0 Å². The summed E-state index contributed by atoms with van der Waals surface area (Å²) in [6.07, 6.45) is 1.99. The molecular formula is C15H20O2. The molecule has 1 aliphatic carbocycles. The molecule has 0 fully saturated rings. The number of rotatable bonds is 2. The molecule has 1 aliphatic rings. The van der Waals surface area contributed by atoms with E-state index in [9.17, 15) is 4.79 Å². The van der Waals surface area contributed by atoms with E-state index in [1.807, 2.05) is 6.07 Å². The molecule has 0 bridgehead atoms. The van der Waals surface area contributed by atoms with Crippen LogP contribution in [0.2, 0.25) is 0 Å². The van der Waals surface area contributed by atoms with Crippen molar-refractivity contribution in [3.05, 3.63) is 35.4 Å². The normalized spacial score (nSPS) is 23.3. The first-order valence-electron chi connectivity index (χ1n) is 6.31. The van der Waals surface area contributed by atoms with Gasteiger partial charge in [-0.05, 0) is 35.8 Å². The average Bonchev–Trinajstić information content (AvgIpc) is 2.36. The molecule has 0 saturated carbocycles. The maximum absolute atomic E-state index is 11.8. The van der Waals surface area contributed by atoms with Crippen molar-refractivity contribution in [1.82, 2.24) is 0 Å². The van der Waals surface area contributed by atoms with Crippen LogP contribution in [-0.4, -0.2) is 13.1 Å². The predicted molar refractivity (Wildman–Crippen MR) is 68.0 cm³/mol. The van der Waals surface area contributed by atoms with Gasteiger partial charge in [0.25, 0.3) is 0 Å². The summed E-state index contributed by atoms with van der Waals surface area (Å²) in [6, 6.07) is 8.31. The van der Waals surface area contributed by atoms with Crippen LogP contribution in [0.3, 0.4) is 0 Å². The van der Waals surface area contributed by atoms with Crippen LogP contribution in [0.1, 0.15) is 49.7 Å². The minimum atomic E-state index is -0.0975. The molecule has 17 heavy (non-hydrogen) atoms. The summed E-state index contributed by atoms with van der Waals surface area (Å²) >= 11 is 0. The summed E-state index contributed by atoms with van der Waals surface area (Å²) in [4.78, 5) is 11.8. The molecule has 2 atom stereocenters. The van der Waals surface area contributed by atoms with E-state index >= 15 is 0 Å². The second-order valence-corrected chi connectivity index (χ2v) is 5.13. The Kier molecular flexibility index (Phi) is 3.51. The standard InChI is InChI=1S/C15H20O2/c1-10(2)11-8-9-14(15(16)17-3)13-7-5-4-6-12(11)13/h4-7,10-11,14H,8-9H2,1-3H3. The lowest BCUT2D eigenvalue weighted by molar-refractivity contribution is -0.142. The Labute approximate surface area is 103 Å². The van der Waals surface area contributed by atoms with Gasteiger partial charge in [0, 0.05) is 0 Å². The van der Waals surface area contributed by atoms with Crippen LogP contribution in [0.25, 0.3) is 0 Å². The van der Waals surface area contributed by atoms with E-state index in [-0.39, 0.29) is 11.9 Å². The van der Waals surface area contributed by atoms with Gasteiger partial charge in [-0.15, -0.1) is 0 Å². The SMILES string of the molecule is COC(=O)C1CCC(C(C)C)c2ccccc21. The first kappa shape index (κ1) is 12.2. The van der Waals surface area contributed by atoms with E-state index in [0.29, 0.717) is 11.8 Å². The third kappa shape index (κ3) is 2.21. The number of fused-ring (bicyclic) bond motifs is 1. The maximum Gasteiger partial charge on any atom is 0.313 e. The van der Waals surface area contributed by atoms with Crippen molar-refractivity contribution in [1.29, 1.82) is 0 Å². The molecule has 0 radical (unpaired) electrons. The van der Waals surface area contributed by atoms with Crippen molar-refractivity contribution < 1.29 is 9.53 Å². The smallest absolute Gasteiger partial charge is 0.313 e. The van der Waals surface area contributed by atoms with E-state index in [1.54, 1.807) is 0 Å². The van der Waals surface area contributed by atoms with Crippen LogP contribution in [0.15, 0.2) is 24.3 Å². The van der Waals surface area contributed by atoms with E-state index in [4.69, 9.17) is 4.74 Å².